The normalized spacial score (nSPS) is 23.1. The molecule has 1 heterocycles. The molecule has 0 aromatic rings. The molecule has 0 spiro atoms. The monoisotopic (exact) mass is 206 g/mol. The minimum absolute atomic E-state index is 0.0856. The lowest BCUT2D eigenvalue weighted by atomic mass is 10.6. The lowest BCUT2D eigenvalue weighted by molar-refractivity contribution is 1.14. The van der Waals surface area contributed by atoms with Gasteiger partial charge in [-0.25, -0.2) is 10.9 Å². The number of rotatable bonds is 2. The maximum absolute atomic E-state index is 3.47. The summed E-state index contributed by atoms with van der Waals surface area (Å²) in [6.45, 7) is 2.28. The first kappa shape index (κ1) is 7.42. The van der Waals surface area contributed by atoms with E-state index in [1.165, 1.54) is 0 Å². The van der Waals surface area contributed by atoms with Gasteiger partial charge in [0.05, 0.1) is 0 Å². The van der Waals surface area contributed by atoms with E-state index in [9.17, 15) is 0 Å². The van der Waals surface area contributed by atoms with E-state index in [1.807, 2.05) is 0 Å². The van der Waals surface area contributed by atoms with E-state index in [0.717, 1.165) is 10.6 Å². The Morgan fingerprint density at radius 2 is 2.00 bits per heavy atom. The van der Waals surface area contributed by atoms with Crippen LogP contribution in [0.5, 0.6) is 0 Å². The van der Waals surface area contributed by atoms with Crippen molar-refractivity contribution in [3.05, 3.63) is 23.0 Å². The molecule has 1 rings (SSSR count). The third-order valence-corrected chi connectivity index (χ3v) is 5.06. The molecule has 0 fully saturated rings. The highest BCUT2D eigenvalue weighted by Crippen LogP contribution is 2.38. The van der Waals surface area contributed by atoms with Gasteiger partial charge >= 0.3 is 0 Å². The van der Waals surface area contributed by atoms with Gasteiger partial charge in [0.15, 0.2) is 0 Å². The Labute approximate surface area is 67.5 Å². The first-order valence-corrected chi connectivity index (χ1v) is 5.70. The van der Waals surface area contributed by atoms with Gasteiger partial charge in [0.2, 0.25) is 0 Å². The van der Waals surface area contributed by atoms with Gasteiger partial charge in [0.1, 0.15) is 0 Å². The van der Waals surface area contributed by atoms with E-state index < -0.39 is 0 Å². The zero-order chi connectivity index (χ0) is 6.69. The standard InChI is InChI=1S/C7H11BrS/c1-7(6-8)9-4-2-3-5-9/h2-5,7,9H,6H2,1H3. The second-order valence-electron chi connectivity index (χ2n) is 2.13. The van der Waals surface area contributed by atoms with Crippen LogP contribution in [0.1, 0.15) is 6.92 Å². The molecular weight excluding hydrogens is 196 g/mol. The molecule has 0 nitrogen and oxygen atoms in total. The van der Waals surface area contributed by atoms with Gasteiger partial charge in [-0.05, 0) is 16.1 Å². The highest BCUT2D eigenvalue weighted by molar-refractivity contribution is 9.09. The number of allylic oxidation sites excluding steroid dienone is 2. The molecular formula is C7H11BrS. The van der Waals surface area contributed by atoms with E-state index >= 15 is 0 Å². The molecule has 0 N–H and O–H groups in total. The molecule has 1 unspecified atom stereocenters. The highest BCUT2D eigenvalue weighted by Gasteiger charge is 2.06. The molecule has 52 valence electrons. The Balaban J connectivity index is 2.43. The van der Waals surface area contributed by atoms with Gasteiger partial charge in [-0.3, -0.25) is 0 Å². The molecule has 0 saturated carbocycles. The van der Waals surface area contributed by atoms with Crippen LogP contribution in [0.25, 0.3) is 0 Å². The van der Waals surface area contributed by atoms with Crippen LogP contribution in [0.3, 0.4) is 0 Å². The Bertz CT molecular complexity index is 128. The lowest BCUT2D eigenvalue weighted by Gasteiger charge is -2.15. The summed E-state index contributed by atoms with van der Waals surface area (Å²) in [6, 6.07) is 0. The predicted octanol–water partition coefficient (Wildman–Crippen LogP) is 2.81. The lowest BCUT2D eigenvalue weighted by Crippen LogP contribution is -1.99. The average molecular weight is 207 g/mol. The van der Waals surface area contributed by atoms with Crippen molar-refractivity contribution in [1.82, 2.24) is 0 Å². The number of hydrogen-bond acceptors (Lipinski definition) is 0. The summed E-state index contributed by atoms with van der Waals surface area (Å²) in [5, 5.41) is 6.53. The maximum Gasteiger partial charge on any atom is 0.0137 e. The van der Waals surface area contributed by atoms with Gasteiger partial charge in [0, 0.05) is 5.33 Å². The van der Waals surface area contributed by atoms with Crippen molar-refractivity contribution in [2.24, 2.45) is 0 Å². The Kier molecular flexibility index (Phi) is 2.86. The number of thiol groups is 1. The smallest absolute Gasteiger partial charge is 0.0137 e. The molecule has 0 aliphatic carbocycles. The maximum atomic E-state index is 3.47. The van der Waals surface area contributed by atoms with E-state index in [1.54, 1.807) is 0 Å². The fourth-order valence-electron chi connectivity index (χ4n) is 0.721. The van der Waals surface area contributed by atoms with Crippen molar-refractivity contribution in [2.45, 2.75) is 12.2 Å². The van der Waals surface area contributed by atoms with Crippen LogP contribution in [0.15, 0.2) is 23.0 Å². The molecule has 1 atom stereocenters. The largest absolute Gasteiger partial charge is 0.210 e. The zero-order valence-electron chi connectivity index (χ0n) is 5.42. The summed E-state index contributed by atoms with van der Waals surface area (Å²) in [4.78, 5) is 0. The summed E-state index contributed by atoms with van der Waals surface area (Å²) in [7, 11) is 0.0856. The zero-order valence-corrected chi connectivity index (χ0v) is 7.90. The summed E-state index contributed by atoms with van der Waals surface area (Å²) in [5.41, 5.74) is 0. The second-order valence-corrected chi connectivity index (χ2v) is 5.15. The van der Waals surface area contributed by atoms with Crippen molar-refractivity contribution >= 4 is 26.8 Å². The quantitative estimate of drug-likeness (QED) is 0.522. The van der Waals surface area contributed by atoms with Gasteiger partial charge in [-0.15, -0.1) is 0 Å². The fourth-order valence-corrected chi connectivity index (χ4v) is 3.17. The first-order valence-electron chi connectivity index (χ1n) is 3.03. The summed E-state index contributed by atoms with van der Waals surface area (Å²) in [6.07, 6.45) is 4.29. The van der Waals surface area contributed by atoms with Crippen LogP contribution in [0, 0.1) is 0 Å². The van der Waals surface area contributed by atoms with Crippen molar-refractivity contribution in [3.63, 3.8) is 0 Å². The van der Waals surface area contributed by atoms with E-state index in [0.29, 0.717) is 0 Å². The fraction of sp³-hybridized carbons (Fsp3) is 0.429. The molecule has 0 aromatic carbocycles. The van der Waals surface area contributed by atoms with Crippen molar-refractivity contribution in [3.8, 4) is 0 Å². The van der Waals surface area contributed by atoms with Crippen LogP contribution in [-0.4, -0.2) is 10.6 Å². The summed E-state index contributed by atoms with van der Waals surface area (Å²) < 4.78 is 0. The summed E-state index contributed by atoms with van der Waals surface area (Å²) in [5.74, 6) is 0. The Morgan fingerprint density at radius 1 is 1.44 bits per heavy atom. The minimum atomic E-state index is 0.0856. The van der Waals surface area contributed by atoms with Crippen LogP contribution in [0.4, 0.5) is 0 Å². The number of halogens is 1. The first-order chi connectivity index (χ1) is 4.34. The van der Waals surface area contributed by atoms with Crippen LogP contribution in [0.2, 0.25) is 0 Å². The SMILES string of the molecule is CC(CBr)[SH]1C=CC=C1. The Hall–Kier alpha value is 0.310. The molecule has 1 aliphatic heterocycles. The van der Waals surface area contributed by atoms with Crippen LogP contribution < -0.4 is 0 Å². The van der Waals surface area contributed by atoms with Crippen LogP contribution in [-0.2, 0) is 0 Å². The molecule has 0 aromatic heterocycles. The molecule has 0 radical (unpaired) electrons. The highest BCUT2D eigenvalue weighted by atomic mass is 79.9. The number of hydrogen-bond donors (Lipinski definition) is 1. The second kappa shape index (κ2) is 3.47. The van der Waals surface area contributed by atoms with E-state index in [2.05, 4.69) is 45.8 Å². The van der Waals surface area contributed by atoms with Gasteiger partial charge in [0.25, 0.3) is 0 Å². The van der Waals surface area contributed by atoms with E-state index in [4.69, 9.17) is 0 Å². The third kappa shape index (κ3) is 1.87. The molecule has 9 heavy (non-hydrogen) atoms. The number of alkyl halides is 1. The van der Waals surface area contributed by atoms with Gasteiger partial charge in [-0.2, -0.15) is 0 Å². The van der Waals surface area contributed by atoms with Gasteiger partial charge < -0.3 is 0 Å². The van der Waals surface area contributed by atoms with Crippen molar-refractivity contribution in [1.29, 1.82) is 0 Å². The molecule has 0 bridgehead atoms. The van der Waals surface area contributed by atoms with Crippen LogP contribution >= 0.6 is 26.8 Å². The minimum Gasteiger partial charge on any atom is -0.210 e. The van der Waals surface area contributed by atoms with Crippen molar-refractivity contribution < 1.29 is 0 Å². The third-order valence-electron chi connectivity index (χ3n) is 1.36. The van der Waals surface area contributed by atoms with E-state index in [-0.39, 0.29) is 10.9 Å². The molecule has 2 heteroatoms. The summed E-state index contributed by atoms with van der Waals surface area (Å²) >= 11 is 3.47. The topological polar surface area (TPSA) is 0 Å². The molecule has 0 saturated heterocycles. The molecule has 0 amide bonds. The Morgan fingerprint density at radius 3 is 2.44 bits per heavy atom. The van der Waals surface area contributed by atoms with Crippen molar-refractivity contribution in [2.75, 3.05) is 5.33 Å². The van der Waals surface area contributed by atoms with Gasteiger partial charge in [-0.1, -0.05) is 35.0 Å². The average Bonchev–Trinajstić information content (AvgIpc) is 2.37. The molecule has 1 aliphatic rings. The predicted molar refractivity (Wildman–Crippen MR) is 50.5 cm³/mol.